The first-order valence-corrected chi connectivity index (χ1v) is 7.73. The van der Waals surface area contributed by atoms with Crippen molar-refractivity contribution in [3.8, 4) is 0 Å². The minimum atomic E-state index is -3.61. The molecule has 0 aliphatic carbocycles. The van der Waals surface area contributed by atoms with Crippen LogP contribution in [0.5, 0.6) is 0 Å². The van der Waals surface area contributed by atoms with Crippen LogP contribution in [0.25, 0.3) is 0 Å². The minimum absolute atomic E-state index is 0.419. The molecule has 1 atom stereocenters. The van der Waals surface area contributed by atoms with Crippen LogP contribution in [0.4, 0.5) is 4.79 Å². The van der Waals surface area contributed by atoms with E-state index in [1.807, 2.05) is 6.92 Å². The molecule has 108 valence electrons. The van der Waals surface area contributed by atoms with Gasteiger partial charge in [-0.1, -0.05) is 13.3 Å². The summed E-state index contributed by atoms with van der Waals surface area (Å²) in [6.07, 6.45) is 1.42. The van der Waals surface area contributed by atoms with E-state index in [9.17, 15) is 13.2 Å². The fourth-order valence-corrected chi connectivity index (χ4v) is 1.75. The zero-order chi connectivity index (χ0) is 14.4. The molecule has 0 saturated carbocycles. The summed E-state index contributed by atoms with van der Waals surface area (Å²) in [5.41, 5.74) is -0.634. The topological polar surface area (TPSA) is 81.7 Å². The molecular formula is C11H23NO5S. The third kappa shape index (κ3) is 10.3. The van der Waals surface area contributed by atoms with Gasteiger partial charge in [0, 0.05) is 0 Å². The summed E-state index contributed by atoms with van der Waals surface area (Å²) in [4.78, 5) is 11.5. The highest BCUT2D eigenvalue weighted by atomic mass is 32.2. The van der Waals surface area contributed by atoms with Gasteiger partial charge < -0.3 is 4.74 Å². The highest BCUT2D eigenvalue weighted by Gasteiger charge is 2.21. The van der Waals surface area contributed by atoms with E-state index in [1.165, 1.54) is 0 Å². The predicted octanol–water partition coefficient (Wildman–Crippen LogP) is 2.00. The van der Waals surface area contributed by atoms with E-state index in [4.69, 9.17) is 8.92 Å². The molecule has 1 unspecified atom stereocenters. The van der Waals surface area contributed by atoms with Crippen molar-refractivity contribution in [2.75, 3.05) is 6.26 Å². The number of alkyl carbamates (subject to hydrolysis) is 1. The molecule has 0 saturated heterocycles. The van der Waals surface area contributed by atoms with Crippen molar-refractivity contribution in [2.24, 2.45) is 0 Å². The number of hydrogen-bond acceptors (Lipinski definition) is 5. The highest BCUT2D eigenvalue weighted by Crippen LogP contribution is 2.09. The summed E-state index contributed by atoms with van der Waals surface area (Å²) in [5.74, 6) is 0. The van der Waals surface area contributed by atoms with E-state index in [0.29, 0.717) is 6.42 Å². The summed E-state index contributed by atoms with van der Waals surface area (Å²) in [7, 11) is -3.61. The Morgan fingerprint density at radius 3 is 2.28 bits per heavy atom. The lowest BCUT2D eigenvalue weighted by molar-refractivity contribution is 0.0392. The van der Waals surface area contributed by atoms with Gasteiger partial charge in [-0.05, 0) is 33.6 Å². The van der Waals surface area contributed by atoms with Gasteiger partial charge in [-0.25, -0.2) is 8.98 Å². The molecule has 0 spiro atoms. The molecule has 7 heteroatoms. The first-order chi connectivity index (χ1) is 8.03. The quantitative estimate of drug-likeness (QED) is 0.595. The average Bonchev–Trinajstić information content (AvgIpc) is 2.08. The number of carbonyl (C=O) groups excluding carboxylic acids is 1. The van der Waals surface area contributed by atoms with E-state index in [2.05, 4.69) is 5.32 Å². The van der Waals surface area contributed by atoms with Crippen molar-refractivity contribution in [1.29, 1.82) is 0 Å². The molecule has 6 nitrogen and oxygen atoms in total. The maximum absolute atomic E-state index is 11.5. The Kier molecular flexibility index (Phi) is 6.62. The predicted molar refractivity (Wildman–Crippen MR) is 68.6 cm³/mol. The van der Waals surface area contributed by atoms with E-state index in [1.54, 1.807) is 20.8 Å². The van der Waals surface area contributed by atoms with Gasteiger partial charge in [0.1, 0.15) is 5.60 Å². The third-order valence-electron chi connectivity index (χ3n) is 1.79. The fourth-order valence-electron chi connectivity index (χ4n) is 1.18. The van der Waals surface area contributed by atoms with Crippen LogP contribution < -0.4 is 5.32 Å². The van der Waals surface area contributed by atoms with Crippen LogP contribution in [-0.2, 0) is 19.0 Å². The smallest absolute Gasteiger partial charge is 0.409 e. The Morgan fingerprint density at radius 2 is 1.89 bits per heavy atom. The van der Waals surface area contributed by atoms with Gasteiger partial charge in [-0.3, -0.25) is 5.32 Å². The number of amides is 1. The maximum atomic E-state index is 11.5. The van der Waals surface area contributed by atoms with Gasteiger partial charge in [0.2, 0.25) is 0 Å². The van der Waals surface area contributed by atoms with Gasteiger partial charge in [0.05, 0.1) is 6.26 Å². The van der Waals surface area contributed by atoms with Crippen LogP contribution in [0.2, 0.25) is 0 Å². The Hall–Kier alpha value is -0.820. The molecule has 0 fully saturated rings. The molecule has 18 heavy (non-hydrogen) atoms. The van der Waals surface area contributed by atoms with Gasteiger partial charge in [-0.15, -0.1) is 0 Å². The molecule has 0 bridgehead atoms. The van der Waals surface area contributed by atoms with Crippen molar-refractivity contribution < 1.29 is 22.1 Å². The Labute approximate surface area is 109 Å². The molecule has 0 heterocycles. The normalized spacial score (nSPS) is 14.1. The standard InChI is InChI=1S/C11H23NO5S/c1-6-7-8-9(17-18(5,14)15)12-10(13)16-11(2,3)4/h9H,6-8H2,1-5H3,(H,12,13). The lowest BCUT2D eigenvalue weighted by Gasteiger charge is -2.23. The van der Waals surface area contributed by atoms with Crippen LogP contribution in [0.3, 0.4) is 0 Å². The van der Waals surface area contributed by atoms with E-state index >= 15 is 0 Å². The van der Waals surface area contributed by atoms with Crippen LogP contribution in [-0.4, -0.2) is 32.6 Å². The Balaban J connectivity index is 4.44. The third-order valence-corrected chi connectivity index (χ3v) is 2.37. The lowest BCUT2D eigenvalue weighted by atomic mass is 10.2. The van der Waals surface area contributed by atoms with Gasteiger partial charge in [0.15, 0.2) is 6.23 Å². The average molecular weight is 281 g/mol. The molecule has 0 aliphatic heterocycles. The fraction of sp³-hybridized carbons (Fsp3) is 0.909. The summed E-state index contributed by atoms with van der Waals surface area (Å²) in [6.45, 7) is 7.14. The van der Waals surface area contributed by atoms with E-state index in [-0.39, 0.29) is 0 Å². The largest absolute Gasteiger partial charge is 0.444 e. The minimum Gasteiger partial charge on any atom is -0.444 e. The van der Waals surface area contributed by atoms with Gasteiger partial charge >= 0.3 is 6.09 Å². The second-order valence-electron chi connectivity index (χ2n) is 5.08. The summed E-state index contributed by atoms with van der Waals surface area (Å²) >= 11 is 0. The molecule has 0 aromatic carbocycles. The highest BCUT2D eigenvalue weighted by molar-refractivity contribution is 7.86. The number of unbranched alkanes of at least 4 members (excludes halogenated alkanes) is 1. The van der Waals surface area contributed by atoms with Crippen molar-refractivity contribution in [1.82, 2.24) is 5.32 Å². The maximum Gasteiger partial charge on any atom is 0.409 e. The van der Waals surface area contributed by atoms with E-state index in [0.717, 1.165) is 19.1 Å². The van der Waals surface area contributed by atoms with Crippen LogP contribution >= 0.6 is 0 Å². The number of hydrogen-bond donors (Lipinski definition) is 1. The van der Waals surface area contributed by atoms with Crippen molar-refractivity contribution in [3.63, 3.8) is 0 Å². The summed E-state index contributed by atoms with van der Waals surface area (Å²) < 4.78 is 31.9. The molecule has 0 rings (SSSR count). The zero-order valence-corrected chi connectivity index (χ0v) is 12.5. The lowest BCUT2D eigenvalue weighted by Crippen LogP contribution is -2.41. The van der Waals surface area contributed by atoms with Crippen molar-refractivity contribution in [3.05, 3.63) is 0 Å². The van der Waals surface area contributed by atoms with Crippen molar-refractivity contribution >= 4 is 16.2 Å². The van der Waals surface area contributed by atoms with Crippen LogP contribution in [0, 0.1) is 0 Å². The number of ether oxygens (including phenoxy) is 1. The van der Waals surface area contributed by atoms with Gasteiger partial charge in [0.25, 0.3) is 10.1 Å². The molecule has 0 aliphatic rings. The molecule has 0 radical (unpaired) electrons. The molecule has 0 aromatic rings. The summed E-state index contributed by atoms with van der Waals surface area (Å²) in [5, 5.41) is 2.40. The first kappa shape index (κ1) is 17.2. The van der Waals surface area contributed by atoms with Crippen LogP contribution in [0.1, 0.15) is 47.0 Å². The van der Waals surface area contributed by atoms with Crippen molar-refractivity contribution in [2.45, 2.75) is 58.8 Å². The monoisotopic (exact) mass is 281 g/mol. The summed E-state index contributed by atoms with van der Waals surface area (Å²) in [6, 6.07) is 0. The Bertz CT molecular complexity index is 358. The Morgan fingerprint density at radius 1 is 1.33 bits per heavy atom. The second-order valence-corrected chi connectivity index (χ2v) is 6.68. The molecular weight excluding hydrogens is 258 g/mol. The molecule has 0 aromatic heterocycles. The number of carbonyl (C=O) groups is 1. The van der Waals surface area contributed by atoms with Crippen LogP contribution in [0.15, 0.2) is 0 Å². The molecule has 1 amide bonds. The second kappa shape index (κ2) is 6.94. The molecule has 1 N–H and O–H groups in total. The zero-order valence-electron chi connectivity index (χ0n) is 11.6. The van der Waals surface area contributed by atoms with Gasteiger partial charge in [-0.2, -0.15) is 8.42 Å². The SMILES string of the molecule is CCCCC(NC(=O)OC(C)(C)C)OS(C)(=O)=O. The number of rotatable bonds is 6. The number of nitrogens with one attached hydrogen (secondary N) is 1. The van der Waals surface area contributed by atoms with E-state index < -0.39 is 28.0 Å². The first-order valence-electron chi connectivity index (χ1n) is 5.91.